The Morgan fingerprint density at radius 1 is 0.931 bits per heavy atom. The van der Waals surface area contributed by atoms with E-state index in [0.29, 0.717) is 28.0 Å². The SMILES string of the molecule is O=C1SC(=Cc2cccc(OCc3ccccc3Cl)c2)C(=O)N1c1ccccc1. The number of imide groups is 1. The van der Waals surface area contributed by atoms with E-state index < -0.39 is 0 Å². The summed E-state index contributed by atoms with van der Waals surface area (Å²) in [6, 6.07) is 23.8. The molecule has 3 aromatic carbocycles. The van der Waals surface area contributed by atoms with Crippen LogP contribution < -0.4 is 9.64 Å². The van der Waals surface area contributed by atoms with Crippen LogP contribution in [0.3, 0.4) is 0 Å². The highest BCUT2D eigenvalue weighted by Gasteiger charge is 2.36. The van der Waals surface area contributed by atoms with Gasteiger partial charge in [-0.2, -0.15) is 0 Å². The lowest BCUT2D eigenvalue weighted by molar-refractivity contribution is -0.113. The molecular weight excluding hydrogens is 406 g/mol. The van der Waals surface area contributed by atoms with Crippen LogP contribution in [0, 0.1) is 0 Å². The Morgan fingerprint density at radius 2 is 1.69 bits per heavy atom. The van der Waals surface area contributed by atoms with Gasteiger partial charge in [-0.25, -0.2) is 4.90 Å². The molecule has 1 aliphatic rings. The maximum atomic E-state index is 12.7. The van der Waals surface area contributed by atoms with Crippen molar-refractivity contribution in [1.29, 1.82) is 0 Å². The molecule has 0 N–H and O–H groups in total. The molecule has 1 saturated heterocycles. The van der Waals surface area contributed by atoms with E-state index in [0.717, 1.165) is 22.9 Å². The molecule has 4 nitrogen and oxygen atoms in total. The highest BCUT2D eigenvalue weighted by atomic mass is 35.5. The van der Waals surface area contributed by atoms with Crippen LogP contribution in [0.4, 0.5) is 10.5 Å². The first-order chi connectivity index (χ1) is 14.1. The smallest absolute Gasteiger partial charge is 0.298 e. The summed E-state index contributed by atoms with van der Waals surface area (Å²) in [5.41, 5.74) is 2.24. The summed E-state index contributed by atoms with van der Waals surface area (Å²) >= 11 is 7.09. The molecule has 0 atom stereocenters. The minimum Gasteiger partial charge on any atom is -0.489 e. The standard InChI is InChI=1S/C23H16ClNO3S/c24-20-12-5-4-8-17(20)15-28-19-11-6-7-16(13-19)14-21-22(26)25(23(27)29-21)18-9-2-1-3-10-18/h1-14H,15H2. The summed E-state index contributed by atoms with van der Waals surface area (Å²) in [6.07, 6.45) is 1.70. The van der Waals surface area contributed by atoms with Gasteiger partial charge in [0.2, 0.25) is 0 Å². The number of amides is 2. The molecule has 0 unspecified atom stereocenters. The molecule has 2 amide bonds. The number of anilines is 1. The fourth-order valence-electron chi connectivity index (χ4n) is 2.89. The van der Waals surface area contributed by atoms with E-state index in [1.807, 2.05) is 54.6 Å². The molecule has 4 rings (SSSR count). The number of para-hydroxylation sites is 1. The van der Waals surface area contributed by atoms with Crippen molar-refractivity contribution in [2.45, 2.75) is 6.61 Å². The second-order valence-corrected chi connectivity index (χ2v) is 7.71. The van der Waals surface area contributed by atoms with E-state index in [1.54, 1.807) is 30.3 Å². The van der Waals surface area contributed by atoms with Crippen molar-refractivity contribution in [1.82, 2.24) is 0 Å². The molecule has 0 radical (unpaired) electrons. The topological polar surface area (TPSA) is 46.6 Å². The molecular formula is C23H16ClNO3S. The number of ether oxygens (including phenoxy) is 1. The highest BCUT2D eigenvalue weighted by molar-refractivity contribution is 8.19. The maximum Gasteiger partial charge on any atom is 0.298 e. The van der Waals surface area contributed by atoms with Crippen LogP contribution >= 0.6 is 23.4 Å². The van der Waals surface area contributed by atoms with Gasteiger partial charge in [0.05, 0.1) is 10.6 Å². The molecule has 3 aromatic rings. The molecule has 144 valence electrons. The normalized spacial score (nSPS) is 15.2. The van der Waals surface area contributed by atoms with Crippen molar-refractivity contribution in [2.75, 3.05) is 4.90 Å². The molecule has 0 aromatic heterocycles. The molecule has 1 aliphatic heterocycles. The zero-order chi connectivity index (χ0) is 20.2. The molecule has 29 heavy (non-hydrogen) atoms. The lowest BCUT2D eigenvalue weighted by atomic mass is 10.2. The molecule has 1 fully saturated rings. The number of benzene rings is 3. The van der Waals surface area contributed by atoms with Gasteiger partial charge >= 0.3 is 0 Å². The minimum absolute atomic E-state index is 0.307. The van der Waals surface area contributed by atoms with Crippen molar-refractivity contribution in [3.8, 4) is 5.75 Å². The van der Waals surface area contributed by atoms with Crippen LogP contribution in [-0.4, -0.2) is 11.1 Å². The molecule has 0 aliphatic carbocycles. The lowest BCUT2D eigenvalue weighted by Gasteiger charge is -2.11. The fourth-order valence-corrected chi connectivity index (χ4v) is 3.92. The van der Waals surface area contributed by atoms with Gasteiger partial charge < -0.3 is 4.74 Å². The summed E-state index contributed by atoms with van der Waals surface area (Å²) in [4.78, 5) is 26.6. The van der Waals surface area contributed by atoms with Crippen LogP contribution in [0.15, 0.2) is 83.8 Å². The summed E-state index contributed by atoms with van der Waals surface area (Å²) in [5.74, 6) is 0.328. The number of thioether (sulfide) groups is 1. The number of nitrogens with zero attached hydrogens (tertiary/aromatic N) is 1. The number of carbonyl (C=O) groups is 2. The first kappa shape index (κ1) is 19.3. The third kappa shape index (κ3) is 4.36. The second-order valence-electron chi connectivity index (χ2n) is 6.31. The summed E-state index contributed by atoms with van der Waals surface area (Å²) in [7, 11) is 0. The van der Waals surface area contributed by atoms with E-state index >= 15 is 0 Å². The van der Waals surface area contributed by atoms with Gasteiger partial charge in [-0.15, -0.1) is 0 Å². The van der Waals surface area contributed by atoms with Crippen molar-refractivity contribution >= 4 is 46.3 Å². The Morgan fingerprint density at radius 3 is 2.48 bits per heavy atom. The average Bonchev–Trinajstić information content (AvgIpc) is 3.01. The monoisotopic (exact) mass is 421 g/mol. The highest BCUT2D eigenvalue weighted by Crippen LogP contribution is 2.35. The van der Waals surface area contributed by atoms with Gasteiger partial charge in [0.15, 0.2) is 0 Å². The zero-order valence-electron chi connectivity index (χ0n) is 15.2. The van der Waals surface area contributed by atoms with Gasteiger partial charge in [-0.3, -0.25) is 9.59 Å². The number of hydrogen-bond acceptors (Lipinski definition) is 4. The number of halogens is 1. The van der Waals surface area contributed by atoms with Crippen LogP contribution in [0.1, 0.15) is 11.1 Å². The maximum absolute atomic E-state index is 12.7. The van der Waals surface area contributed by atoms with Crippen molar-refractivity contribution in [3.63, 3.8) is 0 Å². The lowest BCUT2D eigenvalue weighted by Crippen LogP contribution is -2.27. The van der Waals surface area contributed by atoms with Crippen molar-refractivity contribution in [3.05, 3.63) is 99.9 Å². The first-order valence-corrected chi connectivity index (χ1v) is 10.1. The molecule has 0 bridgehead atoms. The Hall–Kier alpha value is -3.02. The van der Waals surface area contributed by atoms with E-state index in [-0.39, 0.29) is 11.1 Å². The number of hydrogen-bond donors (Lipinski definition) is 0. The first-order valence-electron chi connectivity index (χ1n) is 8.91. The summed E-state index contributed by atoms with van der Waals surface area (Å²) in [5, 5.41) is 0.344. The van der Waals surface area contributed by atoms with Gasteiger partial charge in [0.1, 0.15) is 12.4 Å². The molecule has 6 heteroatoms. The van der Waals surface area contributed by atoms with Crippen LogP contribution in [0.25, 0.3) is 6.08 Å². The number of carbonyl (C=O) groups excluding carboxylic acids is 2. The Labute approximate surface area is 177 Å². The largest absolute Gasteiger partial charge is 0.489 e. The zero-order valence-corrected chi connectivity index (χ0v) is 16.8. The van der Waals surface area contributed by atoms with Gasteiger partial charge in [0.25, 0.3) is 11.1 Å². The summed E-state index contributed by atoms with van der Waals surface area (Å²) in [6.45, 7) is 0.341. The molecule has 0 spiro atoms. The van der Waals surface area contributed by atoms with Gasteiger partial charge in [-0.1, -0.05) is 60.1 Å². The predicted octanol–water partition coefficient (Wildman–Crippen LogP) is 6.16. The third-order valence-corrected chi connectivity index (χ3v) is 5.55. The second kappa shape index (κ2) is 8.55. The van der Waals surface area contributed by atoms with Crippen LogP contribution in [0.2, 0.25) is 5.02 Å². The van der Waals surface area contributed by atoms with Crippen LogP contribution in [0.5, 0.6) is 5.75 Å². The van der Waals surface area contributed by atoms with E-state index in [9.17, 15) is 9.59 Å². The van der Waals surface area contributed by atoms with Crippen molar-refractivity contribution < 1.29 is 14.3 Å². The van der Waals surface area contributed by atoms with E-state index in [1.165, 1.54) is 4.90 Å². The quantitative estimate of drug-likeness (QED) is 0.463. The minimum atomic E-state index is -0.325. The van der Waals surface area contributed by atoms with Gasteiger partial charge in [-0.05, 0) is 53.7 Å². The van der Waals surface area contributed by atoms with Gasteiger partial charge in [0, 0.05) is 10.6 Å². The fraction of sp³-hybridized carbons (Fsp3) is 0.0435. The Kier molecular flexibility index (Phi) is 5.69. The molecule has 0 saturated carbocycles. The summed E-state index contributed by atoms with van der Waals surface area (Å²) < 4.78 is 5.83. The molecule has 1 heterocycles. The Bertz CT molecular complexity index is 1100. The predicted molar refractivity (Wildman–Crippen MR) is 117 cm³/mol. The van der Waals surface area contributed by atoms with Crippen molar-refractivity contribution in [2.24, 2.45) is 0 Å². The van der Waals surface area contributed by atoms with E-state index in [2.05, 4.69) is 0 Å². The Balaban J connectivity index is 1.51. The average molecular weight is 422 g/mol. The van der Waals surface area contributed by atoms with Crippen LogP contribution in [-0.2, 0) is 11.4 Å². The number of rotatable bonds is 5. The third-order valence-electron chi connectivity index (χ3n) is 4.32. The van der Waals surface area contributed by atoms with E-state index in [4.69, 9.17) is 16.3 Å².